The Hall–Kier alpha value is -0.650. The van der Waals surface area contributed by atoms with Crippen LogP contribution < -0.4 is 0 Å². The molecule has 1 fully saturated rings. The van der Waals surface area contributed by atoms with Gasteiger partial charge in [-0.3, -0.25) is 4.79 Å². The highest BCUT2D eigenvalue weighted by atomic mass is 79.9. The monoisotopic (exact) mass is 346 g/mol. The zero-order valence-electron chi connectivity index (χ0n) is 10.5. The van der Waals surface area contributed by atoms with Crippen LogP contribution in [-0.2, 0) is 0 Å². The number of carbonyl (C=O) groups excluding carboxylic acids is 1. The summed E-state index contributed by atoms with van der Waals surface area (Å²) >= 11 is 9.29. The van der Waals surface area contributed by atoms with Gasteiger partial charge in [0.05, 0.1) is 5.56 Å². The molecule has 1 atom stereocenters. The maximum atomic E-state index is 12.4. The molecule has 4 nitrogen and oxygen atoms in total. The molecule has 19 heavy (non-hydrogen) atoms. The smallest absolute Gasteiger partial charge is 0.257 e. The number of carbonyl (C=O) groups is 1. The molecule has 6 heteroatoms. The molecule has 2 rings (SSSR count). The van der Waals surface area contributed by atoms with E-state index in [0.29, 0.717) is 18.0 Å². The highest BCUT2D eigenvalue weighted by Gasteiger charge is 2.25. The molecule has 1 unspecified atom stereocenters. The summed E-state index contributed by atoms with van der Waals surface area (Å²) in [7, 11) is 0. The highest BCUT2D eigenvalue weighted by molar-refractivity contribution is 9.10. The predicted octanol–water partition coefficient (Wildman–Crippen LogP) is 2.73. The number of pyridine rings is 1. The number of aliphatic hydroxyl groups excluding tert-OH is 1. The van der Waals surface area contributed by atoms with Gasteiger partial charge in [-0.2, -0.15) is 0 Å². The van der Waals surface area contributed by atoms with Gasteiger partial charge in [0.2, 0.25) is 0 Å². The molecule has 1 aliphatic heterocycles. The summed E-state index contributed by atoms with van der Waals surface area (Å²) in [6.07, 6.45) is 4.35. The Bertz CT molecular complexity index is 468. The lowest BCUT2D eigenvalue weighted by molar-refractivity contribution is 0.0653. The first-order chi connectivity index (χ1) is 9.11. The Kier molecular flexibility index (Phi) is 5.19. The third kappa shape index (κ3) is 3.68. The molecule has 1 aromatic rings. The van der Waals surface area contributed by atoms with Crippen LogP contribution in [0.2, 0.25) is 5.15 Å². The normalized spacial score (nSPS) is 19.5. The van der Waals surface area contributed by atoms with Gasteiger partial charge in [0.15, 0.2) is 0 Å². The zero-order valence-corrected chi connectivity index (χ0v) is 12.8. The van der Waals surface area contributed by atoms with Crippen molar-refractivity contribution in [3.8, 4) is 0 Å². The molecule has 1 amide bonds. The summed E-state index contributed by atoms with van der Waals surface area (Å²) in [6.45, 7) is 1.59. The van der Waals surface area contributed by atoms with Gasteiger partial charge in [-0.15, -0.1) is 0 Å². The molecule has 0 radical (unpaired) electrons. The number of aromatic nitrogens is 1. The first kappa shape index (κ1) is 14.8. The Morgan fingerprint density at radius 2 is 2.42 bits per heavy atom. The summed E-state index contributed by atoms with van der Waals surface area (Å²) < 4.78 is 0.740. The molecule has 1 N–H and O–H groups in total. The second-order valence-electron chi connectivity index (χ2n) is 4.76. The predicted molar refractivity (Wildman–Crippen MR) is 77.3 cm³/mol. The number of likely N-dealkylation sites (tertiary alicyclic amines) is 1. The van der Waals surface area contributed by atoms with Gasteiger partial charge in [-0.05, 0) is 47.2 Å². The van der Waals surface area contributed by atoms with E-state index in [1.54, 1.807) is 17.2 Å². The van der Waals surface area contributed by atoms with Gasteiger partial charge in [0.25, 0.3) is 5.91 Å². The standard InChI is InChI=1S/C13H16BrClN2O2/c14-10-6-11(12(15)16-7-10)13(19)17-4-1-2-9(8-17)3-5-18/h6-7,9,18H,1-5,8H2. The second kappa shape index (κ2) is 6.68. The first-order valence-electron chi connectivity index (χ1n) is 6.33. The maximum absolute atomic E-state index is 12.4. The van der Waals surface area contributed by atoms with E-state index in [2.05, 4.69) is 20.9 Å². The van der Waals surface area contributed by atoms with Crippen molar-refractivity contribution in [2.45, 2.75) is 19.3 Å². The number of halogens is 2. The van der Waals surface area contributed by atoms with Crippen LogP contribution in [0.15, 0.2) is 16.7 Å². The Balaban J connectivity index is 2.12. The van der Waals surface area contributed by atoms with Gasteiger partial charge >= 0.3 is 0 Å². The average Bonchev–Trinajstić information content (AvgIpc) is 2.41. The van der Waals surface area contributed by atoms with Crippen molar-refractivity contribution in [3.05, 3.63) is 27.5 Å². The fourth-order valence-electron chi connectivity index (χ4n) is 2.41. The topological polar surface area (TPSA) is 53.4 Å². The summed E-state index contributed by atoms with van der Waals surface area (Å²) in [6, 6.07) is 1.70. The van der Waals surface area contributed by atoms with E-state index < -0.39 is 0 Å². The number of nitrogens with zero attached hydrogens (tertiary/aromatic N) is 2. The average molecular weight is 348 g/mol. The van der Waals surface area contributed by atoms with E-state index in [1.807, 2.05) is 0 Å². The zero-order chi connectivity index (χ0) is 13.8. The molecule has 2 heterocycles. The fourth-order valence-corrected chi connectivity index (χ4v) is 2.93. The van der Waals surface area contributed by atoms with E-state index >= 15 is 0 Å². The van der Waals surface area contributed by atoms with E-state index in [9.17, 15) is 4.79 Å². The summed E-state index contributed by atoms with van der Waals surface area (Å²) in [5.74, 6) is 0.294. The van der Waals surface area contributed by atoms with Crippen LogP contribution in [0.5, 0.6) is 0 Å². The number of hydrogen-bond acceptors (Lipinski definition) is 3. The van der Waals surface area contributed by atoms with Crippen molar-refractivity contribution in [1.29, 1.82) is 0 Å². The third-order valence-corrected chi connectivity index (χ3v) is 4.11. The van der Waals surface area contributed by atoms with Crippen LogP contribution in [0.3, 0.4) is 0 Å². The van der Waals surface area contributed by atoms with Crippen molar-refractivity contribution < 1.29 is 9.90 Å². The highest BCUT2D eigenvalue weighted by Crippen LogP contribution is 2.24. The number of piperidine rings is 1. The van der Waals surface area contributed by atoms with Crippen molar-refractivity contribution in [3.63, 3.8) is 0 Å². The summed E-state index contributed by atoms with van der Waals surface area (Å²) in [5, 5.41) is 9.23. The van der Waals surface area contributed by atoms with Crippen molar-refractivity contribution in [1.82, 2.24) is 9.88 Å². The SMILES string of the molecule is O=C(c1cc(Br)cnc1Cl)N1CCCC(CCO)C1. The van der Waals surface area contributed by atoms with Gasteiger partial charge in [0, 0.05) is 30.4 Å². The third-order valence-electron chi connectivity index (χ3n) is 3.38. The quantitative estimate of drug-likeness (QED) is 0.855. The van der Waals surface area contributed by atoms with E-state index in [-0.39, 0.29) is 17.7 Å². The number of amides is 1. The van der Waals surface area contributed by atoms with E-state index in [0.717, 1.165) is 30.3 Å². The molecule has 0 aromatic carbocycles. The van der Waals surface area contributed by atoms with Gasteiger partial charge < -0.3 is 10.0 Å². The van der Waals surface area contributed by atoms with Crippen molar-refractivity contribution in [2.75, 3.05) is 19.7 Å². The van der Waals surface area contributed by atoms with E-state index in [4.69, 9.17) is 16.7 Å². The molecular weight excluding hydrogens is 332 g/mol. The van der Waals surface area contributed by atoms with Gasteiger partial charge in [0.1, 0.15) is 5.15 Å². The Morgan fingerprint density at radius 1 is 1.63 bits per heavy atom. The maximum Gasteiger partial charge on any atom is 0.257 e. The summed E-state index contributed by atoms with van der Waals surface area (Å²) in [5.41, 5.74) is 0.431. The fraction of sp³-hybridized carbons (Fsp3) is 0.538. The number of aliphatic hydroxyl groups is 1. The van der Waals surface area contributed by atoms with Crippen molar-refractivity contribution >= 4 is 33.4 Å². The minimum atomic E-state index is -0.0820. The number of rotatable bonds is 3. The molecule has 0 bridgehead atoms. The largest absolute Gasteiger partial charge is 0.396 e. The van der Waals surface area contributed by atoms with Crippen LogP contribution in [-0.4, -0.2) is 40.6 Å². The van der Waals surface area contributed by atoms with Crippen LogP contribution in [0.4, 0.5) is 0 Å². The lowest BCUT2D eigenvalue weighted by atomic mass is 9.95. The molecule has 1 aliphatic rings. The van der Waals surface area contributed by atoms with Crippen LogP contribution >= 0.6 is 27.5 Å². The van der Waals surface area contributed by atoms with Crippen LogP contribution in [0.25, 0.3) is 0 Å². The van der Waals surface area contributed by atoms with E-state index in [1.165, 1.54) is 0 Å². The summed E-state index contributed by atoms with van der Waals surface area (Å²) in [4.78, 5) is 18.2. The molecule has 0 spiro atoms. The first-order valence-corrected chi connectivity index (χ1v) is 7.50. The molecular formula is C13H16BrClN2O2. The van der Waals surface area contributed by atoms with Crippen LogP contribution in [0.1, 0.15) is 29.6 Å². The van der Waals surface area contributed by atoms with Gasteiger partial charge in [-0.1, -0.05) is 11.6 Å². The minimum absolute atomic E-state index is 0.0820. The molecule has 0 saturated carbocycles. The molecule has 104 valence electrons. The molecule has 0 aliphatic carbocycles. The Labute approximate surface area is 125 Å². The Morgan fingerprint density at radius 3 is 3.16 bits per heavy atom. The minimum Gasteiger partial charge on any atom is -0.396 e. The lowest BCUT2D eigenvalue weighted by Crippen LogP contribution is -2.40. The lowest BCUT2D eigenvalue weighted by Gasteiger charge is -2.32. The number of hydrogen-bond donors (Lipinski definition) is 1. The molecule has 1 aromatic heterocycles. The van der Waals surface area contributed by atoms with Crippen molar-refractivity contribution in [2.24, 2.45) is 5.92 Å². The molecule has 1 saturated heterocycles. The second-order valence-corrected chi connectivity index (χ2v) is 6.04. The van der Waals surface area contributed by atoms with Crippen LogP contribution in [0, 0.1) is 5.92 Å². The van der Waals surface area contributed by atoms with Gasteiger partial charge in [-0.25, -0.2) is 4.98 Å².